The number of pyridine rings is 1. The van der Waals surface area contributed by atoms with Crippen LogP contribution in [0.25, 0.3) is 0 Å². The highest BCUT2D eigenvalue weighted by atomic mass is 127. The first-order chi connectivity index (χ1) is 14.2. The Morgan fingerprint density at radius 1 is 1.30 bits per heavy atom. The predicted molar refractivity (Wildman–Crippen MR) is 131 cm³/mol. The third-order valence-corrected chi connectivity index (χ3v) is 4.63. The van der Waals surface area contributed by atoms with E-state index in [9.17, 15) is 4.79 Å². The summed E-state index contributed by atoms with van der Waals surface area (Å²) < 4.78 is 5.48. The minimum absolute atomic E-state index is 0. The van der Waals surface area contributed by atoms with E-state index in [1.165, 1.54) is 0 Å². The zero-order valence-electron chi connectivity index (χ0n) is 17.3. The summed E-state index contributed by atoms with van der Waals surface area (Å²) in [6.07, 6.45) is 4.25. The number of carbonyl (C=O) groups is 1. The lowest BCUT2D eigenvalue weighted by molar-refractivity contribution is -0.114. The van der Waals surface area contributed by atoms with Gasteiger partial charge in [-0.05, 0) is 37.6 Å². The lowest BCUT2D eigenvalue weighted by atomic mass is 10.2. The van der Waals surface area contributed by atoms with E-state index in [0.717, 1.165) is 37.5 Å². The van der Waals surface area contributed by atoms with E-state index in [2.05, 4.69) is 36.9 Å². The number of amides is 1. The highest BCUT2D eigenvalue weighted by Gasteiger charge is 2.25. The first kappa shape index (κ1) is 23.7. The van der Waals surface area contributed by atoms with Gasteiger partial charge in [-0.25, -0.2) is 4.99 Å². The third-order valence-electron chi connectivity index (χ3n) is 4.63. The van der Waals surface area contributed by atoms with Gasteiger partial charge in [-0.2, -0.15) is 0 Å². The zero-order chi connectivity index (χ0) is 20.5. The average Bonchev–Trinajstić information content (AvgIpc) is 3.21. The third kappa shape index (κ3) is 6.75. The molecule has 0 saturated carbocycles. The van der Waals surface area contributed by atoms with Crippen molar-refractivity contribution < 1.29 is 9.53 Å². The molecule has 0 spiro atoms. The van der Waals surface area contributed by atoms with Gasteiger partial charge in [0.15, 0.2) is 5.96 Å². The Labute approximate surface area is 194 Å². The van der Waals surface area contributed by atoms with E-state index in [4.69, 9.17) is 4.74 Å². The van der Waals surface area contributed by atoms with Crippen molar-refractivity contribution in [2.45, 2.75) is 19.4 Å². The van der Waals surface area contributed by atoms with Gasteiger partial charge in [0.05, 0.1) is 24.7 Å². The van der Waals surface area contributed by atoms with Crippen molar-refractivity contribution in [2.24, 2.45) is 4.99 Å². The van der Waals surface area contributed by atoms with Crippen LogP contribution in [0, 0.1) is 0 Å². The number of halogens is 1. The number of guanidine groups is 1. The van der Waals surface area contributed by atoms with Crippen LogP contribution in [0.2, 0.25) is 0 Å². The quantitative estimate of drug-likeness (QED) is 0.293. The molecule has 3 rings (SSSR count). The summed E-state index contributed by atoms with van der Waals surface area (Å²) in [5.41, 5.74) is 1.76. The van der Waals surface area contributed by atoms with E-state index in [0.29, 0.717) is 11.6 Å². The molecule has 0 radical (unpaired) electrons. The molecular weight excluding hydrogens is 495 g/mol. The molecule has 1 amide bonds. The highest BCUT2D eigenvalue weighted by molar-refractivity contribution is 14.0. The highest BCUT2D eigenvalue weighted by Crippen LogP contribution is 2.30. The summed E-state index contributed by atoms with van der Waals surface area (Å²) >= 11 is 0. The van der Waals surface area contributed by atoms with E-state index in [-0.39, 0.29) is 42.5 Å². The number of benzene rings is 1. The van der Waals surface area contributed by atoms with Gasteiger partial charge in [0.1, 0.15) is 12.3 Å². The first-order valence-electron chi connectivity index (χ1n) is 9.82. The minimum atomic E-state index is -0.183. The lowest BCUT2D eigenvalue weighted by Gasteiger charge is -2.22. The Kier molecular flexibility index (Phi) is 9.65. The van der Waals surface area contributed by atoms with Gasteiger partial charge in [-0.3, -0.25) is 9.78 Å². The molecular formula is C21H29IN6O2. The Bertz CT molecular complexity index is 833. The molecule has 1 aromatic heterocycles. The number of hydrogen-bond acceptors (Lipinski definition) is 5. The molecule has 1 unspecified atom stereocenters. The van der Waals surface area contributed by atoms with E-state index in [1.54, 1.807) is 31.6 Å². The van der Waals surface area contributed by atoms with Crippen LogP contribution in [0.1, 0.15) is 13.3 Å². The average molecular weight is 524 g/mol. The molecule has 2 aromatic rings. The molecule has 8 nitrogen and oxygen atoms in total. The fourth-order valence-electron chi connectivity index (χ4n) is 3.29. The number of aliphatic imine (C=N–C) groups is 1. The van der Waals surface area contributed by atoms with Crippen LogP contribution < -0.4 is 25.6 Å². The van der Waals surface area contributed by atoms with Crippen LogP contribution in [-0.2, 0) is 4.79 Å². The fourth-order valence-corrected chi connectivity index (χ4v) is 3.29. The molecule has 2 heterocycles. The topological polar surface area (TPSA) is 90.9 Å². The van der Waals surface area contributed by atoms with Crippen molar-refractivity contribution in [3.05, 3.63) is 48.8 Å². The molecule has 1 saturated heterocycles. The van der Waals surface area contributed by atoms with Crippen molar-refractivity contribution >= 4 is 47.2 Å². The van der Waals surface area contributed by atoms with Crippen molar-refractivity contribution in [3.63, 3.8) is 0 Å². The fraction of sp³-hybridized carbons (Fsp3) is 0.381. The van der Waals surface area contributed by atoms with Crippen LogP contribution in [0.4, 0.5) is 11.4 Å². The van der Waals surface area contributed by atoms with Crippen molar-refractivity contribution in [1.82, 2.24) is 15.6 Å². The standard InChI is InChI=1S/C21H28N6O2.HI/c1-3-23-21(24-14-20(28)25-16-7-6-11-22-13-16)26-17-10-12-27(15-17)18-8-4-5-9-19(18)29-2;/h4-9,11,13,17H,3,10,12,14-15H2,1-2H3,(H,25,28)(H2,23,24,26);1H. The van der Waals surface area contributed by atoms with Crippen molar-refractivity contribution in [2.75, 3.05) is 43.5 Å². The number of ether oxygens (including phenoxy) is 1. The van der Waals surface area contributed by atoms with Gasteiger partial charge >= 0.3 is 0 Å². The number of methoxy groups -OCH3 is 1. The second-order valence-corrected chi connectivity index (χ2v) is 6.73. The molecule has 0 aliphatic carbocycles. The minimum Gasteiger partial charge on any atom is -0.495 e. The van der Waals surface area contributed by atoms with Gasteiger partial charge in [-0.1, -0.05) is 12.1 Å². The number of nitrogens with zero attached hydrogens (tertiary/aromatic N) is 3. The molecule has 1 aliphatic heterocycles. The summed E-state index contributed by atoms with van der Waals surface area (Å²) in [5.74, 6) is 1.33. The summed E-state index contributed by atoms with van der Waals surface area (Å²) in [6.45, 7) is 4.53. The van der Waals surface area contributed by atoms with Crippen LogP contribution in [0.5, 0.6) is 5.75 Å². The Morgan fingerprint density at radius 2 is 2.13 bits per heavy atom. The molecule has 162 valence electrons. The maximum absolute atomic E-state index is 12.1. The molecule has 0 bridgehead atoms. The van der Waals surface area contributed by atoms with Gasteiger partial charge in [0.25, 0.3) is 0 Å². The van der Waals surface area contributed by atoms with Crippen LogP contribution in [-0.4, -0.2) is 56.2 Å². The summed E-state index contributed by atoms with van der Waals surface area (Å²) in [5, 5.41) is 9.43. The van der Waals surface area contributed by atoms with Crippen molar-refractivity contribution in [1.29, 1.82) is 0 Å². The molecule has 1 aromatic carbocycles. The van der Waals surface area contributed by atoms with E-state index >= 15 is 0 Å². The Balaban J connectivity index is 0.00000320. The van der Waals surface area contributed by atoms with Crippen LogP contribution in [0.15, 0.2) is 53.8 Å². The number of hydrogen-bond donors (Lipinski definition) is 3. The molecule has 1 fully saturated rings. The maximum atomic E-state index is 12.1. The molecule has 1 aliphatic rings. The molecule has 1 atom stereocenters. The van der Waals surface area contributed by atoms with E-state index < -0.39 is 0 Å². The molecule has 9 heteroatoms. The monoisotopic (exact) mass is 524 g/mol. The second-order valence-electron chi connectivity index (χ2n) is 6.73. The number of nitrogens with one attached hydrogen (secondary N) is 3. The predicted octanol–water partition coefficient (Wildman–Crippen LogP) is 2.48. The van der Waals surface area contributed by atoms with Crippen LogP contribution >= 0.6 is 24.0 Å². The summed E-state index contributed by atoms with van der Waals surface area (Å²) in [4.78, 5) is 22.9. The smallest absolute Gasteiger partial charge is 0.246 e. The van der Waals surface area contributed by atoms with E-state index in [1.807, 2.05) is 25.1 Å². The summed E-state index contributed by atoms with van der Waals surface area (Å²) in [6, 6.07) is 11.8. The number of aromatic nitrogens is 1. The van der Waals surface area contributed by atoms with Gasteiger partial charge in [-0.15, -0.1) is 24.0 Å². The SMILES string of the molecule is CCNC(=NCC(=O)Nc1cccnc1)NC1CCN(c2ccccc2OC)C1.I. The number of carbonyl (C=O) groups excluding carboxylic acids is 1. The largest absolute Gasteiger partial charge is 0.495 e. The number of para-hydroxylation sites is 2. The Hall–Kier alpha value is -2.56. The van der Waals surface area contributed by atoms with Gasteiger partial charge < -0.3 is 25.6 Å². The Morgan fingerprint density at radius 3 is 2.87 bits per heavy atom. The van der Waals surface area contributed by atoms with Crippen molar-refractivity contribution in [3.8, 4) is 5.75 Å². The molecule has 30 heavy (non-hydrogen) atoms. The van der Waals surface area contributed by atoms with Crippen LogP contribution in [0.3, 0.4) is 0 Å². The first-order valence-corrected chi connectivity index (χ1v) is 9.82. The number of rotatable bonds is 7. The normalized spacial score (nSPS) is 15.9. The van der Waals surface area contributed by atoms with Gasteiger partial charge in [0, 0.05) is 31.9 Å². The second kappa shape index (κ2) is 12.2. The zero-order valence-corrected chi connectivity index (χ0v) is 19.6. The molecule has 3 N–H and O–H groups in total. The lowest BCUT2D eigenvalue weighted by Crippen LogP contribution is -2.45. The maximum Gasteiger partial charge on any atom is 0.246 e. The number of anilines is 2. The summed E-state index contributed by atoms with van der Waals surface area (Å²) in [7, 11) is 1.69. The van der Waals surface area contributed by atoms with Gasteiger partial charge in [0.2, 0.25) is 5.91 Å².